The van der Waals surface area contributed by atoms with Crippen molar-refractivity contribution in [2.75, 3.05) is 17.6 Å². The Morgan fingerprint density at radius 1 is 1.00 bits per heavy atom. The van der Waals surface area contributed by atoms with Crippen LogP contribution in [0.25, 0.3) is 0 Å². The second-order valence-electron chi connectivity index (χ2n) is 7.27. The van der Waals surface area contributed by atoms with E-state index in [-0.39, 0.29) is 12.0 Å². The molecule has 0 aliphatic rings. The van der Waals surface area contributed by atoms with Gasteiger partial charge in [0.15, 0.2) is 6.10 Å². The number of ether oxygens (including phenoxy) is 2. The zero-order valence-corrected chi connectivity index (χ0v) is 18.9. The Hall–Kier alpha value is -2.74. The summed E-state index contributed by atoms with van der Waals surface area (Å²) in [6.45, 7) is 6.19. The Morgan fingerprint density at radius 2 is 1.53 bits per heavy atom. The van der Waals surface area contributed by atoms with Gasteiger partial charge in [0, 0.05) is 13.6 Å². The Bertz CT molecular complexity index is 925. The molecular weight excluding hydrogens is 404 g/mol. The highest BCUT2D eigenvalue weighted by atomic mass is 32.2. The smallest absolute Gasteiger partial charge is 0.261 e. The van der Waals surface area contributed by atoms with Crippen LogP contribution in [0.15, 0.2) is 48.5 Å². The Labute approximate surface area is 179 Å². The van der Waals surface area contributed by atoms with Crippen LogP contribution in [0.3, 0.4) is 0 Å². The van der Waals surface area contributed by atoms with Gasteiger partial charge in [-0.25, -0.2) is 8.42 Å². The van der Waals surface area contributed by atoms with Gasteiger partial charge >= 0.3 is 0 Å². The van der Waals surface area contributed by atoms with Gasteiger partial charge in [0.1, 0.15) is 11.5 Å². The van der Waals surface area contributed by atoms with Gasteiger partial charge in [0.05, 0.1) is 18.0 Å². The molecule has 0 aliphatic heterocycles. The summed E-state index contributed by atoms with van der Waals surface area (Å²) in [5.74, 6) is 1.08. The lowest BCUT2D eigenvalue weighted by atomic mass is 10.2. The van der Waals surface area contributed by atoms with E-state index < -0.39 is 16.1 Å². The molecule has 0 aromatic heterocycles. The average molecular weight is 435 g/mol. The van der Waals surface area contributed by atoms with Crippen LogP contribution in [0.1, 0.15) is 32.8 Å². The molecule has 164 valence electrons. The van der Waals surface area contributed by atoms with Crippen LogP contribution < -0.4 is 19.1 Å². The normalized spacial score (nSPS) is 12.3. The quantitative estimate of drug-likeness (QED) is 0.620. The van der Waals surface area contributed by atoms with E-state index >= 15 is 0 Å². The van der Waals surface area contributed by atoms with Crippen LogP contribution in [-0.4, -0.2) is 39.8 Å². The summed E-state index contributed by atoms with van der Waals surface area (Å²) in [7, 11) is -1.85. The van der Waals surface area contributed by atoms with Crippen LogP contribution in [-0.2, 0) is 21.4 Å². The van der Waals surface area contributed by atoms with Gasteiger partial charge in [-0.15, -0.1) is 0 Å². The number of carbonyl (C=O) groups excluding carboxylic acids is 1. The fourth-order valence-electron chi connectivity index (χ4n) is 2.67. The van der Waals surface area contributed by atoms with Crippen molar-refractivity contribution in [2.24, 2.45) is 0 Å². The number of rotatable bonds is 10. The van der Waals surface area contributed by atoms with Crippen LogP contribution in [0.5, 0.6) is 11.5 Å². The van der Waals surface area contributed by atoms with E-state index in [1.807, 2.05) is 45.0 Å². The lowest BCUT2D eigenvalue weighted by Crippen LogP contribution is -2.37. The summed E-state index contributed by atoms with van der Waals surface area (Å²) >= 11 is 0. The third kappa shape index (κ3) is 6.95. The van der Waals surface area contributed by atoms with Gasteiger partial charge in [-0.1, -0.05) is 19.1 Å². The molecule has 1 atom stereocenters. The number of hydrogen-bond donors (Lipinski definition) is 1. The van der Waals surface area contributed by atoms with Crippen LogP contribution in [0.4, 0.5) is 5.69 Å². The Balaban J connectivity index is 1.93. The van der Waals surface area contributed by atoms with E-state index in [2.05, 4.69) is 5.32 Å². The van der Waals surface area contributed by atoms with Crippen LogP contribution in [0, 0.1) is 0 Å². The molecule has 30 heavy (non-hydrogen) atoms. The van der Waals surface area contributed by atoms with E-state index in [1.165, 1.54) is 11.4 Å². The molecule has 0 heterocycles. The lowest BCUT2D eigenvalue weighted by molar-refractivity contribution is -0.128. The lowest BCUT2D eigenvalue weighted by Gasteiger charge is -2.19. The van der Waals surface area contributed by atoms with E-state index in [0.717, 1.165) is 17.6 Å². The number of anilines is 1. The minimum absolute atomic E-state index is 0.110. The number of sulfonamides is 1. The molecule has 2 aromatic rings. The van der Waals surface area contributed by atoms with Crippen molar-refractivity contribution < 1.29 is 22.7 Å². The highest BCUT2D eigenvalue weighted by Gasteiger charge is 2.19. The third-order valence-corrected chi connectivity index (χ3v) is 5.61. The first-order valence-electron chi connectivity index (χ1n) is 9.84. The summed E-state index contributed by atoms with van der Waals surface area (Å²) in [6.07, 6.45) is 1.10. The molecule has 8 heteroatoms. The van der Waals surface area contributed by atoms with Crippen molar-refractivity contribution in [3.8, 4) is 11.5 Å². The highest BCUT2D eigenvalue weighted by molar-refractivity contribution is 7.92. The number of hydrogen-bond acceptors (Lipinski definition) is 5. The third-order valence-electron chi connectivity index (χ3n) is 4.40. The average Bonchev–Trinajstić information content (AvgIpc) is 2.70. The standard InChI is InChI=1S/C22H30N2O5S/c1-6-21(29-20-13-9-18(10-14-20)24(4)30(5,26)27)22(25)23-15-17-7-11-19(12-8-17)28-16(2)3/h7-14,16,21H,6,15H2,1-5H3,(H,23,25)/t21-/m0/s1. The molecule has 0 bridgehead atoms. The van der Waals surface area contributed by atoms with Crippen LogP contribution >= 0.6 is 0 Å². The first kappa shape index (κ1) is 23.5. The number of nitrogens with one attached hydrogen (secondary N) is 1. The molecular formula is C22H30N2O5S. The fourth-order valence-corrected chi connectivity index (χ4v) is 3.18. The largest absolute Gasteiger partial charge is 0.491 e. The van der Waals surface area contributed by atoms with Crippen molar-refractivity contribution in [2.45, 2.75) is 45.9 Å². The van der Waals surface area contributed by atoms with Gasteiger partial charge in [-0.3, -0.25) is 9.10 Å². The molecule has 0 saturated carbocycles. The summed E-state index contributed by atoms with van der Waals surface area (Å²) in [5, 5.41) is 2.89. The summed E-state index contributed by atoms with van der Waals surface area (Å²) in [4.78, 5) is 12.5. The van der Waals surface area contributed by atoms with Crippen molar-refractivity contribution >= 4 is 21.6 Å². The van der Waals surface area contributed by atoms with Gasteiger partial charge in [0.2, 0.25) is 10.0 Å². The van der Waals surface area contributed by atoms with Crippen molar-refractivity contribution in [3.63, 3.8) is 0 Å². The van der Waals surface area contributed by atoms with E-state index in [4.69, 9.17) is 9.47 Å². The van der Waals surface area contributed by atoms with E-state index in [1.54, 1.807) is 24.3 Å². The van der Waals surface area contributed by atoms with Crippen molar-refractivity contribution in [1.29, 1.82) is 0 Å². The summed E-state index contributed by atoms with van der Waals surface area (Å²) in [6, 6.07) is 14.2. The van der Waals surface area contributed by atoms with Crippen molar-refractivity contribution in [3.05, 3.63) is 54.1 Å². The minimum atomic E-state index is -3.33. The first-order chi connectivity index (χ1) is 14.1. The zero-order valence-electron chi connectivity index (χ0n) is 18.1. The second-order valence-corrected chi connectivity index (χ2v) is 9.28. The molecule has 0 aliphatic carbocycles. The van der Waals surface area contributed by atoms with Gasteiger partial charge in [-0.2, -0.15) is 0 Å². The molecule has 0 unspecified atom stereocenters. The Kier molecular flexibility index (Phi) is 8.11. The Morgan fingerprint density at radius 3 is 2.03 bits per heavy atom. The number of benzene rings is 2. The van der Waals surface area contributed by atoms with Crippen LogP contribution in [0.2, 0.25) is 0 Å². The molecule has 0 saturated heterocycles. The second kappa shape index (κ2) is 10.3. The molecule has 1 N–H and O–H groups in total. The number of carbonyl (C=O) groups is 1. The highest BCUT2D eigenvalue weighted by Crippen LogP contribution is 2.21. The monoisotopic (exact) mass is 434 g/mol. The minimum Gasteiger partial charge on any atom is -0.491 e. The molecule has 0 fully saturated rings. The molecule has 2 aromatic carbocycles. The maximum Gasteiger partial charge on any atom is 0.261 e. The van der Waals surface area contributed by atoms with Gasteiger partial charge in [-0.05, 0) is 62.2 Å². The molecule has 1 amide bonds. The molecule has 0 radical (unpaired) electrons. The van der Waals surface area contributed by atoms with E-state index in [0.29, 0.717) is 24.4 Å². The molecule has 2 rings (SSSR count). The topological polar surface area (TPSA) is 84.9 Å². The first-order valence-corrected chi connectivity index (χ1v) is 11.7. The number of amides is 1. The predicted molar refractivity (Wildman–Crippen MR) is 118 cm³/mol. The predicted octanol–water partition coefficient (Wildman–Crippen LogP) is 3.34. The van der Waals surface area contributed by atoms with E-state index in [9.17, 15) is 13.2 Å². The van der Waals surface area contributed by atoms with Gasteiger partial charge < -0.3 is 14.8 Å². The van der Waals surface area contributed by atoms with Gasteiger partial charge in [0.25, 0.3) is 5.91 Å². The van der Waals surface area contributed by atoms with Crippen molar-refractivity contribution in [1.82, 2.24) is 5.32 Å². The summed E-state index contributed by atoms with van der Waals surface area (Å²) in [5.41, 5.74) is 1.48. The maximum atomic E-state index is 12.5. The SMILES string of the molecule is CC[C@H](Oc1ccc(N(C)S(C)(=O)=O)cc1)C(=O)NCc1ccc(OC(C)C)cc1. The maximum absolute atomic E-state index is 12.5. The zero-order chi connectivity index (χ0) is 22.3. The summed E-state index contributed by atoms with van der Waals surface area (Å²) < 4.78 is 35.8. The molecule has 7 nitrogen and oxygen atoms in total. The fraction of sp³-hybridized carbons (Fsp3) is 0.409. The molecule has 0 spiro atoms. The number of nitrogens with zero attached hydrogens (tertiary/aromatic N) is 1.